The van der Waals surface area contributed by atoms with Gasteiger partial charge in [0, 0.05) is 36.6 Å². The second-order valence-corrected chi connectivity index (χ2v) is 4.49. The largest absolute Gasteiger partial charge is 0.346 e. The van der Waals surface area contributed by atoms with Crippen LogP contribution in [-0.4, -0.2) is 16.5 Å². The van der Waals surface area contributed by atoms with Crippen molar-refractivity contribution in [2.45, 2.75) is 19.5 Å². The van der Waals surface area contributed by atoms with Gasteiger partial charge < -0.3 is 9.88 Å². The zero-order valence-electron chi connectivity index (χ0n) is 11.0. The standard InChI is InChI=1S/C14H17N3O2/c1-11(15-2)14-4-3-9-16(14)10-12-5-7-13(8-6-12)17(18)19/h3-9,11,15H,10H2,1-2H3. The first kappa shape index (κ1) is 13.3. The second kappa shape index (κ2) is 5.67. The van der Waals surface area contributed by atoms with Crippen molar-refractivity contribution in [1.82, 2.24) is 9.88 Å². The van der Waals surface area contributed by atoms with Gasteiger partial charge in [-0.1, -0.05) is 12.1 Å². The van der Waals surface area contributed by atoms with Gasteiger partial charge >= 0.3 is 0 Å². The lowest BCUT2D eigenvalue weighted by Gasteiger charge is -2.15. The lowest BCUT2D eigenvalue weighted by Crippen LogP contribution is -2.16. The molecule has 0 spiro atoms. The Morgan fingerprint density at radius 2 is 2.00 bits per heavy atom. The Kier molecular flexibility index (Phi) is 3.97. The van der Waals surface area contributed by atoms with Crippen LogP contribution in [0.15, 0.2) is 42.6 Å². The number of nitro benzene ring substituents is 1. The molecule has 0 aliphatic carbocycles. The van der Waals surface area contributed by atoms with Crippen LogP contribution in [0.3, 0.4) is 0 Å². The highest BCUT2D eigenvalue weighted by atomic mass is 16.6. The molecule has 0 aliphatic rings. The Balaban J connectivity index is 2.17. The van der Waals surface area contributed by atoms with Crippen LogP contribution in [0.25, 0.3) is 0 Å². The minimum Gasteiger partial charge on any atom is -0.346 e. The Bertz CT molecular complexity index is 560. The number of hydrogen-bond acceptors (Lipinski definition) is 3. The van der Waals surface area contributed by atoms with E-state index in [0.717, 1.165) is 5.56 Å². The Hall–Kier alpha value is -2.14. The number of hydrogen-bond donors (Lipinski definition) is 1. The summed E-state index contributed by atoms with van der Waals surface area (Å²) < 4.78 is 2.14. The minimum atomic E-state index is -0.381. The molecule has 1 aromatic carbocycles. The highest BCUT2D eigenvalue weighted by molar-refractivity contribution is 5.33. The number of rotatable bonds is 5. The molecule has 2 rings (SSSR count). The van der Waals surface area contributed by atoms with Crippen molar-refractivity contribution in [3.63, 3.8) is 0 Å². The molecule has 2 aromatic rings. The highest BCUT2D eigenvalue weighted by Crippen LogP contribution is 2.17. The molecule has 1 heterocycles. The van der Waals surface area contributed by atoms with Gasteiger partial charge in [0.2, 0.25) is 0 Å². The van der Waals surface area contributed by atoms with Gasteiger partial charge in [0.25, 0.3) is 5.69 Å². The molecule has 0 radical (unpaired) electrons. The van der Waals surface area contributed by atoms with E-state index in [2.05, 4.69) is 22.9 Å². The molecule has 0 saturated heterocycles. The maximum Gasteiger partial charge on any atom is 0.269 e. The van der Waals surface area contributed by atoms with Gasteiger partial charge in [-0.25, -0.2) is 0 Å². The lowest BCUT2D eigenvalue weighted by atomic mass is 10.2. The van der Waals surface area contributed by atoms with Crippen molar-refractivity contribution >= 4 is 5.69 Å². The van der Waals surface area contributed by atoms with Gasteiger partial charge in [-0.05, 0) is 31.7 Å². The van der Waals surface area contributed by atoms with E-state index in [0.29, 0.717) is 6.54 Å². The van der Waals surface area contributed by atoms with Gasteiger partial charge in [-0.15, -0.1) is 0 Å². The van der Waals surface area contributed by atoms with E-state index < -0.39 is 0 Å². The molecule has 0 bridgehead atoms. The summed E-state index contributed by atoms with van der Waals surface area (Å²) in [5.74, 6) is 0. The Labute approximate surface area is 112 Å². The van der Waals surface area contributed by atoms with Crippen LogP contribution in [0.5, 0.6) is 0 Å². The molecule has 1 atom stereocenters. The van der Waals surface area contributed by atoms with E-state index in [9.17, 15) is 10.1 Å². The molecule has 0 fully saturated rings. The van der Waals surface area contributed by atoms with Crippen LogP contribution in [0.2, 0.25) is 0 Å². The van der Waals surface area contributed by atoms with Gasteiger partial charge in [0.15, 0.2) is 0 Å². The monoisotopic (exact) mass is 259 g/mol. The molecule has 100 valence electrons. The highest BCUT2D eigenvalue weighted by Gasteiger charge is 2.09. The van der Waals surface area contributed by atoms with E-state index in [4.69, 9.17) is 0 Å². The summed E-state index contributed by atoms with van der Waals surface area (Å²) in [6.07, 6.45) is 2.02. The maximum atomic E-state index is 10.6. The van der Waals surface area contributed by atoms with Crippen LogP contribution in [0.4, 0.5) is 5.69 Å². The average Bonchev–Trinajstić information content (AvgIpc) is 2.86. The lowest BCUT2D eigenvalue weighted by molar-refractivity contribution is -0.384. The first-order chi connectivity index (χ1) is 9.11. The maximum absolute atomic E-state index is 10.6. The van der Waals surface area contributed by atoms with E-state index in [1.807, 2.05) is 19.3 Å². The molecule has 5 heteroatoms. The number of nitrogens with one attached hydrogen (secondary N) is 1. The third-order valence-corrected chi connectivity index (χ3v) is 3.24. The van der Waals surface area contributed by atoms with Crippen molar-refractivity contribution in [3.05, 3.63) is 64.0 Å². The molecular weight excluding hydrogens is 242 g/mol. The van der Waals surface area contributed by atoms with Crippen LogP contribution in [-0.2, 0) is 6.54 Å². The SMILES string of the molecule is CNC(C)c1cccn1Cc1ccc([N+](=O)[O-])cc1. The molecule has 5 nitrogen and oxygen atoms in total. The number of benzene rings is 1. The second-order valence-electron chi connectivity index (χ2n) is 4.49. The summed E-state index contributed by atoms with van der Waals surface area (Å²) in [4.78, 5) is 10.2. The average molecular weight is 259 g/mol. The normalized spacial score (nSPS) is 12.3. The molecule has 0 amide bonds. The quantitative estimate of drug-likeness (QED) is 0.663. The third-order valence-electron chi connectivity index (χ3n) is 3.24. The van der Waals surface area contributed by atoms with Crippen molar-refractivity contribution < 1.29 is 4.92 Å². The van der Waals surface area contributed by atoms with Crippen LogP contribution < -0.4 is 5.32 Å². The summed E-state index contributed by atoms with van der Waals surface area (Å²) in [7, 11) is 1.92. The van der Waals surface area contributed by atoms with Crippen LogP contribution in [0, 0.1) is 10.1 Å². The number of nitro groups is 1. The first-order valence-corrected chi connectivity index (χ1v) is 6.17. The predicted octanol–water partition coefficient (Wildman–Crippen LogP) is 2.73. The molecule has 1 N–H and O–H groups in total. The summed E-state index contributed by atoms with van der Waals surface area (Å²) in [6.45, 7) is 2.81. The zero-order chi connectivity index (χ0) is 13.8. The van der Waals surface area contributed by atoms with E-state index in [1.54, 1.807) is 24.3 Å². The molecule has 0 aliphatic heterocycles. The van der Waals surface area contributed by atoms with Gasteiger partial charge in [0.05, 0.1) is 4.92 Å². The number of non-ortho nitro benzene ring substituents is 1. The fourth-order valence-corrected chi connectivity index (χ4v) is 2.03. The molecular formula is C14H17N3O2. The van der Waals surface area contributed by atoms with Crippen LogP contribution >= 0.6 is 0 Å². The van der Waals surface area contributed by atoms with Crippen molar-refractivity contribution in [1.29, 1.82) is 0 Å². The van der Waals surface area contributed by atoms with E-state index in [-0.39, 0.29) is 16.7 Å². The summed E-state index contributed by atoms with van der Waals surface area (Å²) in [5, 5.41) is 13.8. The molecule has 19 heavy (non-hydrogen) atoms. The summed E-state index contributed by atoms with van der Waals surface area (Å²) in [6, 6.07) is 11.0. The van der Waals surface area contributed by atoms with Crippen molar-refractivity contribution in [3.8, 4) is 0 Å². The topological polar surface area (TPSA) is 60.1 Å². The molecule has 0 saturated carbocycles. The van der Waals surface area contributed by atoms with Crippen molar-refractivity contribution in [2.24, 2.45) is 0 Å². The van der Waals surface area contributed by atoms with Crippen LogP contribution in [0.1, 0.15) is 24.2 Å². The summed E-state index contributed by atoms with van der Waals surface area (Å²) >= 11 is 0. The summed E-state index contributed by atoms with van der Waals surface area (Å²) in [5.41, 5.74) is 2.37. The van der Waals surface area contributed by atoms with Crippen molar-refractivity contribution in [2.75, 3.05) is 7.05 Å². The minimum absolute atomic E-state index is 0.125. The fraction of sp³-hybridized carbons (Fsp3) is 0.286. The third kappa shape index (κ3) is 3.00. The smallest absolute Gasteiger partial charge is 0.269 e. The van der Waals surface area contributed by atoms with Gasteiger partial charge in [0.1, 0.15) is 0 Å². The van der Waals surface area contributed by atoms with Gasteiger partial charge in [-0.3, -0.25) is 10.1 Å². The number of nitrogens with zero attached hydrogens (tertiary/aromatic N) is 2. The van der Waals surface area contributed by atoms with Gasteiger partial charge in [-0.2, -0.15) is 0 Å². The Morgan fingerprint density at radius 3 is 2.58 bits per heavy atom. The predicted molar refractivity (Wildman–Crippen MR) is 74.1 cm³/mol. The zero-order valence-corrected chi connectivity index (χ0v) is 11.0. The fourth-order valence-electron chi connectivity index (χ4n) is 2.03. The first-order valence-electron chi connectivity index (χ1n) is 6.17. The molecule has 1 unspecified atom stereocenters. The molecule has 1 aromatic heterocycles. The van der Waals surface area contributed by atoms with E-state index >= 15 is 0 Å². The van der Waals surface area contributed by atoms with E-state index in [1.165, 1.54) is 5.69 Å². The number of aromatic nitrogens is 1. The Morgan fingerprint density at radius 1 is 1.32 bits per heavy atom.